The fourth-order valence-corrected chi connectivity index (χ4v) is 3.89. The second-order valence-corrected chi connectivity index (χ2v) is 8.01. The zero-order valence-corrected chi connectivity index (χ0v) is 16.9. The van der Waals surface area contributed by atoms with E-state index >= 15 is 0 Å². The minimum absolute atomic E-state index is 0.220. The summed E-state index contributed by atoms with van der Waals surface area (Å²) in [7, 11) is 0. The highest BCUT2D eigenvalue weighted by molar-refractivity contribution is 5.75. The summed E-state index contributed by atoms with van der Waals surface area (Å²) in [6.07, 6.45) is 17.8. The lowest BCUT2D eigenvalue weighted by Crippen LogP contribution is -2.44. The Hall–Kier alpha value is -1.17. The van der Waals surface area contributed by atoms with Crippen molar-refractivity contribution in [3.63, 3.8) is 0 Å². The van der Waals surface area contributed by atoms with Crippen molar-refractivity contribution in [2.24, 2.45) is 23.7 Å². The van der Waals surface area contributed by atoms with Gasteiger partial charge >= 0.3 is 5.97 Å². The smallest absolute Gasteiger partial charge is 0.364 e. The molecule has 0 spiro atoms. The molecule has 0 radical (unpaired) electrons. The van der Waals surface area contributed by atoms with E-state index < -0.39 is 17.7 Å². The summed E-state index contributed by atoms with van der Waals surface area (Å²) in [5.74, 6) is -3.90. The molecule has 1 rings (SSSR count). The summed E-state index contributed by atoms with van der Waals surface area (Å²) in [6, 6.07) is 0. The quantitative estimate of drug-likeness (QED) is 0.220. The number of carboxylic acid groups (broad SMARTS) is 1. The Morgan fingerprint density at radius 2 is 1.81 bits per heavy atom. The van der Waals surface area contributed by atoms with E-state index in [1.165, 1.54) is 32.6 Å². The van der Waals surface area contributed by atoms with Crippen molar-refractivity contribution in [3.8, 4) is 0 Å². The van der Waals surface area contributed by atoms with Crippen LogP contribution in [0, 0.1) is 23.7 Å². The fraction of sp³-hybridized carbons (Fsp3) is 0.773. The van der Waals surface area contributed by atoms with Crippen LogP contribution < -0.4 is 0 Å². The number of allylic oxidation sites excluding steroid dienone is 4. The first kappa shape index (κ1) is 23.9. The van der Waals surface area contributed by atoms with Crippen LogP contribution in [-0.2, 0) is 4.79 Å². The van der Waals surface area contributed by atoms with Crippen LogP contribution >= 0.6 is 0 Å². The molecule has 1 unspecified atom stereocenters. The molecular weight excluding hydrogens is 344 g/mol. The first-order valence-electron chi connectivity index (χ1n) is 10.4. The van der Waals surface area contributed by atoms with Gasteiger partial charge in [-0.05, 0) is 56.3 Å². The average molecular weight is 383 g/mol. The normalized spacial score (nSPS) is 24.9. The van der Waals surface area contributed by atoms with Crippen LogP contribution in [0.2, 0.25) is 0 Å². The Morgan fingerprint density at radius 1 is 1.11 bits per heavy atom. The van der Waals surface area contributed by atoms with Crippen molar-refractivity contribution in [1.82, 2.24) is 0 Å². The molecule has 5 nitrogen and oxygen atoms in total. The molecule has 0 bridgehead atoms. The molecule has 1 saturated carbocycles. The average Bonchev–Trinajstić information content (AvgIpc) is 3.03. The molecule has 156 valence electrons. The van der Waals surface area contributed by atoms with Crippen molar-refractivity contribution in [1.29, 1.82) is 0 Å². The summed E-state index contributed by atoms with van der Waals surface area (Å²) in [4.78, 5) is 10.8. The van der Waals surface area contributed by atoms with Gasteiger partial charge in [0, 0.05) is 12.5 Å². The van der Waals surface area contributed by atoms with Gasteiger partial charge < -0.3 is 20.4 Å². The van der Waals surface area contributed by atoms with Crippen LogP contribution in [0.4, 0.5) is 0 Å². The number of rotatable bonds is 13. The van der Waals surface area contributed by atoms with E-state index in [0.717, 1.165) is 25.7 Å². The molecule has 0 aromatic carbocycles. The highest BCUT2D eigenvalue weighted by Crippen LogP contribution is 2.40. The molecule has 1 aliphatic rings. The Labute approximate surface area is 163 Å². The van der Waals surface area contributed by atoms with Gasteiger partial charge in [0.1, 0.15) is 0 Å². The minimum Gasteiger partial charge on any atom is -0.477 e. The molecular formula is C22H38O5. The maximum Gasteiger partial charge on any atom is 0.364 e. The Morgan fingerprint density at radius 3 is 2.44 bits per heavy atom. The number of hydrogen-bond acceptors (Lipinski definition) is 4. The van der Waals surface area contributed by atoms with Gasteiger partial charge in [0.25, 0.3) is 5.79 Å². The molecule has 0 aliphatic heterocycles. The first-order chi connectivity index (χ1) is 12.8. The zero-order valence-electron chi connectivity index (χ0n) is 16.9. The van der Waals surface area contributed by atoms with Crippen molar-refractivity contribution in [2.75, 3.05) is 6.61 Å². The maximum atomic E-state index is 10.8. The van der Waals surface area contributed by atoms with Gasteiger partial charge in [-0.25, -0.2) is 4.79 Å². The molecule has 4 N–H and O–H groups in total. The van der Waals surface area contributed by atoms with Crippen LogP contribution in [-0.4, -0.2) is 38.8 Å². The highest BCUT2D eigenvalue weighted by Gasteiger charge is 2.39. The summed E-state index contributed by atoms with van der Waals surface area (Å²) < 4.78 is 0. The summed E-state index contributed by atoms with van der Waals surface area (Å²) >= 11 is 0. The summed E-state index contributed by atoms with van der Waals surface area (Å²) in [6.45, 7) is 3.94. The topological polar surface area (TPSA) is 98.0 Å². The third-order valence-electron chi connectivity index (χ3n) is 5.91. The van der Waals surface area contributed by atoms with E-state index in [1.807, 2.05) is 12.2 Å². The lowest BCUT2D eigenvalue weighted by Gasteiger charge is -2.23. The second-order valence-electron chi connectivity index (χ2n) is 8.01. The molecule has 0 aromatic heterocycles. The zero-order chi connectivity index (χ0) is 20.3. The Bertz CT molecular complexity index is 483. The van der Waals surface area contributed by atoms with Gasteiger partial charge in [0.2, 0.25) is 0 Å². The van der Waals surface area contributed by atoms with Gasteiger partial charge in [0.15, 0.2) is 0 Å². The monoisotopic (exact) mass is 382 g/mol. The van der Waals surface area contributed by atoms with Crippen molar-refractivity contribution in [3.05, 3.63) is 24.3 Å². The maximum absolute atomic E-state index is 10.8. The SMILES string of the molecule is CCCCCC/C=C/[C@H]1[C@H](CO)CC[C@@H]1C/C=C\CC(C)C(O)(O)C(=O)O. The Balaban J connectivity index is 2.49. The van der Waals surface area contributed by atoms with Crippen LogP contribution in [0.25, 0.3) is 0 Å². The number of carbonyl (C=O) groups is 1. The van der Waals surface area contributed by atoms with Crippen molar-refractivity contribution in [2.45, 2.75) is 77.4 Å². The van der Waals surface area contributed by atoms with Crippen LogP contribution in [0.15, 0.2) is 24.3 Å². The fourth-order valence-electron chi connectivity index (χ4n) is 3.89. The number of aliphatic hydroxyl groups excluding tert-OH is 1. The lowest BCUT2D eigenvalue weighted by molar-refractivity contribution is -0.219. The molecule has 0 heterocycles. The first-order valence-corrected chi connectivity index (χ1v) is 10.4. The van der Waals surface area contributed by atoms with Crippen LogP contribution in [0.5, 0.6) is 0 Å². The Kier molecular flexibility index (Phi) is 10.9. The molecule has 5 heteroatoms. The number of unbranched alkanes of at least 4 members (excludes halogenated alkanes) is 4. The lowest BCUT2D eigenvalue weighted by atomic mass is 9.86. The van der Waals surface area contributed by atoms with Crippen molar-refractivity contribution >= 4 is 5.97 Å². The van der Waals surface area contributed by atoms with E-state index in [1.54, 1.807) is 0 Å². The molecule has 27 heavy (non-hydrogen) atoms. The number of aliphatic hydroxyl groups is 3. The highest BCUT2D eigenvalue weighted by atomic mass is 16.5. The third kappa shape index (κ3) is 7.76. The minimum atomic E-state index is -2.69. The number of carboxylic acids is 1. The number of hydrogen-bond donors (Lipinski definition) is 4. The van der Waals surface area contributed by atoms with Crippen molar-refractivity contribution < 1.29 is 25.2 Å². The van der Waals surface area contributed by atoms with Crippen LogP contribution in [0.1, 0.15) is 71.6 Å². The predicted octanol–water partition coefficient (Wildman–Crippen LogP) is 3.89. The van der Waals surface area contributed by atoms with Gasteiger partial charge in [-0.3, -0.25) is 0 Å². The third-order valence-corrected chi connectivity index (χ3v) is 5.91. The molecule has 0 amide bonds. The largest absolute Gasteiger partial charge is 0.477 e. The van der Waals surface area contributed by atoms with E-state index in [2.05, 4.69) is 19.1 Å². The van der Waals surface area contributed by atoms with E-state index in [9.17, 15) is 20.1 Å². The predicted molar refractivity (Wildman–Crippen MR) is 107 cm³/mol. The van der Waals surface area contributed by atoms with Crippen LogP contribution in [0.3, 0.4) is 0 Å². The van der Waals surface area contributed by atoms with E-state index in [-0.39, 0.29) is 6.61 Å². The summed E-state index contributed by atoms with van der Waals surface area (Å²) in [5.41, 5.74) is 0. The molecule has 1 aliphatic carbocycles. The molecule has 0 saturated heterocycles. The van der Waals surface area contributed by atoms with Gasteiger partial charge in [0.05, 0.1) is 0 Å². The van der Waals surface area contributed by atoms with Gasteiger partial charge in [-0.1, -0.05) is 57.4 Å². The summed E-state index contributed by atoms with van der Waals surface area (Å²) in [5, 5.41) is 37.6. The molecule has 4 atom stereocenters. The standard InChI is InChI=1S/C22H38O5/c1-3-4-5-6-7-8-13-20-18(14-15-19(20)16-23)12-10-9-11-17(2)22(26,27)21(24)25/h8-10,13,17-20,23,26-27H,3-7,11-12,14-16H2,1-2H3,(H,24,25)/b10-9-,13-8+/t17?,18-,19-,20+/m0/s1. The van der Waals surface area contributed by atoms with E-state index in [4.69, 9.17) is 5.11 Å². The van der Waals surface area contributed by atoms with Gasteiger partial charge in [-0.15, -0.1) is 0 Å². The van der Waals surface area contributed by atoms with E-state index in [0.29, 0.717) is 24.2 Å². The van der Waals surface area contributed by atoms with Gasteiger partial charge in [-0.2, -0.15) is 0 Å². The number of aliphatic carboxylic acids is 1. The molecule has 1 fully saturated rings. The molecule has 0 aromatic rings. The second kappa shape index (κ2) is 12.3.